The molecule has 2 unspecified atom stereocenters. The molecule has 3 amide bonds. The maximum atomic E-state index is 15.3. The lowest BCUT2D eigenvalue weighted by Gasteiger charge is -2.40. The van der Waals surface area contributed by atoms with Gasteiger partial charge in [-0.25, -0.2) is 4.79 Å². The summed E-state index contributed by atoms with van der Waals surface area (Å²) >= 11 is 20.4. The van der Waals surface area contributed by atoms with Gasteiger partial charge >= 0.3 is 6.09 Å². The van der Waals surface area contributed by atoms with E-state index in [4.69, 9.17) is 44.3 Å². The van der Waals surface area contributed by atoms with Crippen LogP contribution in [0.15, 0.2) is 91.1 Å². The number of aromatic amines is 1. The molecule has 5 aromatic rings. The first-order chi connectivity index (χ1) is 30.1. The van der Waals surface area contributed by atoms with Crippen LogP contribution in [0.1, 0.15) is 81.7 Å². The number of anilines is 2. The highest BCUT2D eigenvalue weighted by molar-refractivity contribution is 6.35. The zero-order chi connectivity index (χ0) is 43.1. The first-order valence-electron chi connectivity index (χ1n) is 21.1. The Morgan fingerprint density at radius 2 is 1.73 bits per heavy atom. The normalized spacial score (nSPS) is 19.0. The van der Waals surface area contributed by atoms with Crippen molar-refractivity contribution in [3.05, 3.63) is 140 Å². The Balaban J connectivity index is 1.18. The van der Waals surface area contributed by atoms with Crippen molar-refractivity contribution < 1.29 is 23.9 Å². The largest absolute Gasteiger partial charge is 0.449 e. The topological polar surface area (TPSA) is 119 Å². The van der Waals surface area contributed by atoms with Gasteiger partial charge in [-0.05, 0) is 96.3 Å². The van der Waals surface area contributed by atoms with Crippen LogP contribution in [0.3, 0.4) is 0 Å². The number of nitrogens with zero attached hydrogens (tertiary/aromatic N) is 3. The number of carbonyl (C=O) groups is 3. The Labute approximate surface area is 375 Å². The molecule has 4 aliphatic rings. The number of rotatable bonds is 10. The lowest BCUT2D eigenvalue weighted by atomic mass is 9.82. The zero-order valence-electron chi connectivity index (χ0n) is 34.5. The van der Waals surface area contributed by atoms with E-state index < -0.39 is 6.04 Å². The Bertz CT molecular complexity index is 2620. The van der Waals surface area contributed by atoms with Gasteiger partial charge in [-0.15, -0.1) is 0 Å². The summed E-state index contributed by atoms with van der Waals surface area (Å²) in [6.07, 6.45) is 7.04. The van der Waals surface area contributed by atoms with Crippen molar-refractivity contribution in [2.24, 2.45) is 5.92 Å². The fraction of sp³-hybridized carbons (Fsp3) is 0.312. The van der Waals surface area contributed by atoms with Crippen LogP contribution in [0.25, 0.3) is 22.2 Å². The number of piperidine rings is 1. The van der Waals surface area contributed by atoms with E-state index in [1.165, 1.54) is 0 Å². The predicted molar refractivity (Wildman–Crippen MR) is 246 cm³/mol. The molecule has 3 N–H and O–H groups in total. The number of H-pyrrole nitrogens is 1. The molecule has 320 valence electrons. The van der Waals surface area contributed by atoms with Gasteiger partial charge in [-0.3, -0.25) is 9.59 Å². The molecule has 0 saturated carbocycles. The van der Waals surface area contributed by atoms with Gasteiger partial charge in [0.15, 0.2) is 0 Å². The molecular formula is C48H47Cl3N6O5. The van der Waals surface area contributed by atoms with E-state index in [1.54, 1.807) is 25.3 Å². The van der Waals surface area contributed by atoms with Crippen molar-refractivity contribution in [3.8, 4) is 0 Å². The summed E-state index contributed by atoms with van der Waals surface area (Å²) in [5.41, 5.74) is 8.17. The van der Waals surface area contributed by atoms with Gasteiger partial charge in [0.2, 0.25) is 0 Å². The molecule has 0 radical (unpaired) electrons. The molecule has 1 aromatic heterocycles. The summed E-state index contributed by atoms with van der Waals surface area (Å²) in [4.78, 5) is 51.1. The van der Waals surface area contributed by atoms with Crippen molar-refractivity contribution in [2.45, 2.75) is 44.7 Å². The second-order valence-corrected chi connectivity index (χ2v) is 17.5. The third-order valence-electron chi connectivity index (χ3n) is 12.4. The second kappa shape index (κ2) is 17.7. The highest BCUT2D eigenvalue weighted by atomic mass is 35.5. The van der Waals surface area contributed by atoms with Gasteiger partial charge < -0.3 is 39.8 Å². The summed E-state index contributed by atoms with van der Waals surface area (Å²) in [6, 6.07) is 24.7. The molecular weight excluding hydrogens is 847 g/mol. The van der Waals surface area contributed by atoms with Crippen LogP contribution in [0.4, 0.5) is 16.2 Å². The van der Waals surface area contributed by atoms with E-state index in [9.17, 15) is 9.59 Å². The van der Waals surface area contributed by atoms with Gasteiger partial charge in [-0.2, -0.15) is 0 Å². The van der Waals surface area contributed by atoms with Crippen LogP contribution in [0.5, 0.6) is 0 Å². The quantitative estimate of drug-likeness (QED) is 0.120. The highest BCUT2D eigenvalue weighted by Gasteiger charge is 2.41. The van der Waals surface area contributed by atoms with Crippen molar-refractivity contribution in [3.63, 3.8) is 0 Å². The molecule has 4 aliphatic heterocycles. The summed E-state index contributed by atoms with van der Waals surface area (Å²) in [7, 11) is 1.58. The lowest BCUT2D eigenvalue weighted by molar-refractivity contribution is 0.0499. The lowest BCUT2D eigenvalue weighted by Crippen LogP contribution is -2.50. The number of hydrogen-bond donors (Lipinski definition) is 3. The first kappa shape index (κ1) is 41.9. The number of ether oxygens (including phenoxy) is 2. The first-order valence-corrected chi connectivity index (χ1v) is 22.2. The molecule has 14 heteroatoms. The average Bonchev–Trinajstić information content (AvgIpc) is 3.56. The van der Waals surface area contributed by atoms with Crippen LogP contribution in [0, 0.1) is 5.92 Å². The van der Waals surface area contributed by atoms with Crippen molar-refractivity contribution in [1.82, 2.24) is 20.1 Å². The molecule has 0 aliphatic carbocycles. The van der Waals surface area contributed by atoms with E-state index >= 15 is 4.79 Å². The van der Waals surface area contributed by atoms with E-state index in [-0.39, 0.29) is 29.9 Å². The fourth-order valence-corrected chi connectivity index (χ4v) is 10.3. The summed E-state index contributed by atoms with van der Waals surface area (Å²) in [5, 5.41) is 8.58. The molecule has 11 nitrogen and oxygen atoms in total. The second-order valence-electron chi connectivity index (χ2n) is 16.2. The zero-order valence-corrected chi connectivity index (χ0v) is 36.7. The molecule has 0 bridgehead atoms. The number of carbonyl (C=O) groups excluding carboxylic acids is 3. The van der Waals surface area contributed by atoms with Crippen LogP contribution in [-0.4, -0.2) is 85.2 Å². The maximum absolute atomic E-state index is 15.3. The van der Waals surface area contributed by atoms with Gasteiger partial charge in [0, 0.05) is 82.6 Å². The molecule has 9 rings (SSSR count). The number of halogens is 3. The van der Waals surface area contributed by atoms with Crippen molar-refractivity contribution in [1.29, 1.82) is 0 Å². The SMILES string of the molecule is COCCNC(=O)c1ccc(N2CCC(N3CCCOC3=O)CC2)c(NC(=O)c2[nH]c3cc(Cl)cc4c3c2C2=C(c3ccccc3)C(C)CC=CN2C4c2ccc(Cl)cc2Cl)c1. The molecule has 2 fully saturated rings. The van der Waals surface area contributed by atoms with E-state index in [1.807, 2.05) is 53.4 Å². The number of benzene rings is 4. The minimum absolute atomic E-state index is 0.0565. The van der Waals surface area contributed by atoms with E-state index in [0.29, 0.717) is 76.9 Å². The van der Waals surface area contributed by atoms with E-state index in [0.717, 1.165) is 70.3 Å². The van der Waals surface area contributed by atoms with Crippen LogP contribution in [0.2, 0.25) is 15.1 Å². The Morgan fingerprint density at radius 3 is 2.48 bits per heavy atom. The Hall–Kier alpha value is -5.46. The molecule has 5 heterocycles. The van der Waals surface area contributed by atoms with Crippen LogP contribution >= 0.6 is 34.8 Å². The number of nitrogens with one attached hydrogen (secondary N) is 3. The minimum Gasteiger partial charge on any atom is -0.449 e. The standard InChI is InChI=1S/C48H47Cl3N6O5/c1-28-8-6-18-57-44(34-13-12-31(49)26-36(34)51)35-25-32(50)27-38-41(35)42(45(57)40(28)29-9-4-3-5-10-29)43(53-38)47(59)54-37-24-30(46(58)52-17-23-61-2)11-14-39(37)55-20-15-33(16-21-55)56-19-7-22-62-48(56)60/h3-6,9-14,18,24-28,33,44,53H,7-8,15-17,19-23H2,1-2H3,(H,52,58)(H,54,59). The van der Waals surface area contributed by atoms with Gasteiger partial charge in [0.25, 0.3) is 11.8 Å². The number of aromatic nitrogens is 1. The molecule has 2 atom stereocenters. The predicted octanol–water partition coefficient (Wildman–Crippen LogP) is 10.4. The van der Waals surface area contributed by atoms with E-state index in [2.05, 4.69) is 56.7 Å². The monoisotopic (exact) mass is 892 g/mol. The summed E-state index contributed by atoms with van der Waals surface area (Å²) in [5.74, 6) is -0.601. The summed E-state index contributed by atoms with van der Waals surface area (Å²) < 4.78 is 10.5. The Kier molecular flexibility index (Phi) is 12.0. The molecule has 0 spiro atoms. The van der Waals surface area contributed by atoms with Crippen LogP contribution in [-0.2, 0) is 9.47 Å². The molecule has 62 heavy (non-hydrogen) atoms. The molecule has 4 aromatic carbocycles. The number of cyclic esters (lactones) is 1. The van der Waals surface area contributed by atoms with Gasteiger partial charge in [-0.1, -0.05) is 84.2 Å². The molecule has 2 saturated heterocycles. The number of hydrogen-bond acceptors (Lipinski definition) is 7. The van der Waals surface area contributed by atoms with Crippen molar-refractivity contribution in [2.75, 3.05) is 56.7 Å². The number of methoxy groups -OCH3 is 1. The fourth-order valence-electron chi connectivity index (χ4n) is 9.53. The smallest absolute Gasteiger partial charge is 0.410 e. The third kappa shape index (κ3) is 7.92. The number of amides is 3. The van der Waals surface area contributed by atoms with Crippen LogP contribution < -0.4 is 15.5 Å². The van der Waals surface area contributed by atoms with Gasteiger partial charge in [0.05, 0.1) is 36.3 Å². The maximum Gasteiger partial charge on any atom is 0.410 e. The Morgan fingerprint density at radius 1 is 0.919 bits per heavy atom. The van der Waals surface area contributed by atoms with Crippen molar-refractivity contribution >= 4 is 86.3 Å². The average molecular weight is 894 g/mol. The highest BCUT2D eigenvalue weighted by Crippen LogP contribution is 2.54. The number of fused-ring (bicyclic) bond motifs is 2. The number of allylic oxidation sites excluding steroid dienone is 2. The minimum atomic E-state index is -0.412. The summed E-state index contributed by atoms with van der Waals surface area (Å²) in [6.45, 7) is 5.30. The van der Waals surface area contributed by atoms with Gasteiger partial charge in [0.1, 0.15) is 5.69 Å². The third-order valence-corrected chi connectivity index (χ3v) is 13.2.